The summed E-state index contributed by atoms with van der Waals surface area (Å²) in [7, 11) is 0. The Morgan fingerprint density at radius 3 is 2.05 bits per heavy atom. The minimum Gasteiger partial charge on any atom is -0.481 e. The summed E-state index contributed by atoms with van der Waals surface area (Å²) in [5, 5.41) is 19.8. The third kappa shape index (κ3) is 4.68. The second-order valence-electron chi connectivity index (χ2n) is 4.35. The van der Waals surface area contributed by atoms with Gasteiger partial charge in [-0.2, -0.15) is 0 Å². The van der Waals surface area contributed by atoms with E-state index in [0.717, 1.165) is 16.3 Å². The average Bonchev–Trinajstić information content (AvgIpc) is 2.46. The van der Waals surface area contributed by atoms with Crippen LogP contribution in [0.3, 0.4) is 0 Å². The van der Waals surface area contributed by atoms with E-state index in [1.807, 2.05) is 42.5 Å². The molecular formula is C15H14O4S2. The van der Waals surface area contributed by atoms with Crippen molar-refractivity contribution in [1.29, 1.82) is 0 Å². The molecule has 0 aromatic heterocycles. The van der Waals surface area contributed by atoms with E-state index in [0.29, 0.717) is 0 Å². The fourth-order valence-corrected chi connectivity index (χ4v) is 3.95. The first-order valence-electron chi connectivity index (χ1n) is 6.22. The minimum absolute atomic E-state index is 0.0515. The Labute approximate surface area is 130 Å². The lowest BCUT2D eigenvalue weighted by molar-refractivity contribution is -0.134. The molecule has 0 aliphatic carbocycles. The van der Waals surface area contributed by atoms with Gasteiger partial charge in [-0.25, -0.2) is 0 Å². The Balaban J connectivity index is 2.23. The van der Waals surface area contributed by atoms with Gasteiger partial charge in [-0.1, -0.05) is 36.4 Å². The predicted octanol–water partition coefficient (Wildman–Crippen LogP) is 3.47. The first-order valence-corrected chi connectivity index (χ1v) is 8.31. The Morgan fingerprint density at radius 2 is 1.48 bits per heavy atom. The highest BCUT2D eigenvalue weighted by Gasteiger charge is 2.16. The number of benzene rings is 2. The van der Waals surface area contributed by atoms with Crippen LogP contribution in [0.5, 0.6) is 0 Å². The maximum Gasteiger partial charge on any atom is 0.313 e. The normalized spacial score (nSPS) is 10.9. The van der Waals surface area contributed by atoms with Gasteiger partial charge in [0.1, 0.15) is 0 Å². The molecule has 21 heavy (non-hydrogen) atoms. The molecule has 110 valence electrons. The zero-order valence-corrected chi connectivity index (χ0v) is 12.7. The monoisotopic (exact) mass is 322 g/mol. The molecule has 4 nitrogen and oxygen atoms in total. The van der Waals surface area contributed by atoms with Crippen molar-refractivity contribution >= 4 is 46.2 Å². The molecule has 0 unspecified atom stereocenters. The quantitative estimate of drug-likeness (QED) is 0.760. The molecule has 0 heterocycles. The summed E-state index contributed by atoms with van der Waals surface area (Å²) in [6, 6.07) is 13.8. The standard InChI is InChI=1S/C15H14O4S2/c16-13(17)8-20-15(21-9-14(18)19)12-6-5-10-3-1-2-4-11(10)7-12/h1-7,15H,8-9H2,(H,16,17)(H,18,19). The number of carboxylic acids is 2. The van der Waals surface area contributed by atoms with Crippen LogP contribution >= 0.6 is 23.5 Å². The molecule has 0 aliphatic heterocycles. The van der Waals surface area contributed by atoms with Crippen LogP contribution in [0.25, 0.3) is 10.8 Å². The van der Waals surface area contributed by atoms with Gasteiger partial charge in [0.15, 0.2) is 0 Å². The topological polar surface area (TPSA) is 74.6 Å². The van der Waals surface area contributed by atoms with E-state index in [1.165, 1.54) is 23.5 Å². The zero-order valence-electron chi connectivity index (χ0n) is 11.1. The molecule has 0 spiro atoms. The van der Waals surface area contributed by atoms with Crippen molar-refractivity contribution in [2.24, 2.45) is 0 Å². The van der Waals surface area contributed by atoms with Gasteiger partial charge in [0.25, 0.3) is 0 Å². The van der Waals surface area contributed by atoms with Crippen LogP contribution in [0.1, 0.15) is 10.1 Å². The molecule has 0 amide bonds. The molecule has 0 aliphatic rings. The average molecular weight is 322 g/mol. The van der Waals surface area contributed by atoms with Gasteiger partial charge < -0.3 is 10.2 Å². The van der Waals surface area contributed by atoms with Crippen molar-refractivity contribution in [3.63, 3.8) is 0 Å². The van der Waals surface area contributed by atoms with Crippen molar-refractivity contribution in [1.82, 2.24) is 0 Å². The third-order valence-corrected chi connectivity index (χ3v) is 5.56. The summed E-state index contributed by atoms with van der Waals surface area (Å²) in [6.45, 7) is 0. The largest absolute Gasteiger partial charge is 0.481 e. The number of fused-ring (bicyclic) bond motifs is 1. The molecule has 0 bridgehead atoms. The van der Waals surface area contributed by atoms with Crippen molar-refractivity contribution in [2.75, 3.05) is 11.5 Å². The summed E-state index contributed by atoms with van der Waals surface area (Å²) in [5.74, 6) is -1.91. The predicted molar refractivity (Wildman–Crippen MR) is 86.9 cm³/mol. The molecule has 2 rings (SSSR count). The third-order valence-electron chi connectivity index (χ3n) is 2.76. The first kappa shape index (κ1) is 15.7. The Morgan fingerprint density at radius 1 is 0.905 bits per heavy atom. The number of thioether (sulfide) groups is 2. The molecule has 0 atom stereocenters. The molecule has 2 aromatic rings. The van der Waals surface area contributed by atoms with Gasteiger partial charge in [0.2, 0.25) is 0 Å². The molecule has 0 radical (unpaired) electrons. The summed E-state index contributed by atoms with van der Waals surface area (Å²) in [4.78, 5) is 21.5. The molecule has 2 aromatic carbocycles. The molecule has 2 N–H and O–H groups in total. The molecule has 0 saturated carbocycles. The van der Waals surface area contributed by atoms with E-state index in [4.69, 9.17) is 10.2 Å². The maximum atomic E-state index is 10.7. The Hall–Kier alpha value is -1.66. The van der Waals surface area contributed by atoms with E-state index < -0.39 is 11.9 Å². The van der Waals surface area contributed by atoms with Crippen LogP contribution in [-0.2, 0) is 9.59 Å². The fraction of sp³-hybridized carbons (Fsp3) is 0.200. The number of rotatable bonds is 7. The maximum absolute atomic E-state index is 10.7. The Kier molecular flexibility index (Phi) is 5.52. The molecule has 0 fully saturated rings. The van der Waals surface area contributed by atoms with Crippen molar-refractivity contribution in [3.05, 3.63) is 48.0 Å². The summed E-state index contributed by atoms with van der Waals surface area (Å²) < 4.78 is -0.207. The molecular weight excluding hydrogens is 308 g/mol. The first-order chi connectivity index (χ1) is 10.1. The van der Waals surface area contributed by atoms with E-state index >= 15 is 0 Å². The zero-order chi connectivity index (χ0) is 15.2. The number of aliphatic carboxylic acids is 2. The lowest BCUT2D eigenvalue weighted by Crippen LogP contribution is -2.04. The van der Waals surface area contributed by atoms with Gasteiger partial charge in [-0.3, -0.25) is 9.59 Å². The highest BCUT2D eigenvalue weighted by Crippen LogP contribution is 2.40. The van der Waals surface area contributed by atoms with Crippen molar-refractivity contribution < 1.29 is 19.8 Å². The highest BCUT2D eigenvalue weighted by molar-refractivity contribution is 8.16. The summed E-state index contributed by atoms with van der Waals surface area (Å²) in [6.07, 6.45) is 0. The van der Waals surface area contributed by atoms with E-state index in [-0.39, 0.29) is 16.1 Å². The van der Waals surface area contributed by atoms with E-state index in [2.05, 4.69) is 0 Å². The highest BCUT2D eigenvalue weighted by atomic mass is 32.2. The molecule has 6 heteroatoms. The van der Waals surface area contributed by atoms with Gasteiger partial charge in [-0.15, -0.1) is 23.5 Å². The van der Waals surface area contributed by atoms with Crippen LogP contribution < -0.4 is 0 Å². The van der Waals surface area contributed by atoms with Gasteiger partial charge >= 0.3 is 11.9 Å². The van der Waals surface area contributed by atoms with Crippen LogP contribution in [0.2, 0.25) is 0 Å². The van der Waals surface area contributed by atoms with Gasteiger partial charge in [0.05, 0.1) is 16.1 Å². The van der Waals surface area contributed by atoms with Gasteiger partial charge in [-0.05, 0) is 22.4 Å². The summed E-state index contributed by atoms with van der Waals surface area (Å²) >= 11 is 2.47. The fourth-order valence-electron chi connectivity index (χ4n) is 1.89. The SMILES string of the molecule is O=C(O)CSC(SCC(=O)O)c1ccc2ccccc2c1. The van der Waals surface area contributed by atoms with Crippen LogP contribution in [0.15, 0.2) is 42.5 Å². The van der Waals surface area contributed by atoms with Gasteiger partial charge in [0, 0.05) is 0 Å². The number of carboxylic acid groups (broad SMARTS) is 2. The second kappa shape index (κ2) is 7.38. The van der Waals surface area contributed by atoms with E-state index in [9.17, 15) is 9.59 Å². The minimum atomic E-state index is -0.901. The second-order valence-corrected chi connectivity index (χ2v) is 6.83. The van der Waals surface area contributed by atoms with Crippen LogP contribution in [-0.4, -0.2) is 33.7 Å². The van der Waals surface area contributed by atoms with Crippen LogP contribution in [0, 0.1) is 0 Å². The lowest BCUT2D eigenvalue weighted by Gasteiger charge is -2.15. The lowest BCUT2D eigenvalue weighted by atomic mass is 10.1. The molecule has 0 saturated heterocycles. The van der Waals surface area contributed by atoms with Crippen molar-refractivity contribution in [2.45, 2.75) is 4.58 Å². The summed E-state index contributed by atoms with van der Waals surface area (Å²) in [5.41, 5.74) is 0.936. The number of carbonyl (C=O) groups is 2. The number of hydrogen-bond donors (Lipinski definition) is 2. The van der Waals surface area contributed by atoms with Crippen LogP contribution in [0.4, 0.5) is 0 Å². The van der Waals surface area contributed by atoms with E-state index in [1.54, 1.807) is 0 Å². The van der Waals surface area contributed by atoms with Crippen molar-refractivity contribution in [3.8, 4) is 0 Å². The Bertz CT molecular complexity index is 639. The smallest absolute Gasteiger partial charge is 0.313 e. The number of hydrogen-bond acceptors (Lipinski definition) is 4.